The first-order valence-electron chi connectivity index (χ1n) is 6.11. The molecule has 1 aromatic heterocycles. The van der Waals surface area contributed by atoms with E-state index in [9.17, 15) is 4.79 Å². The molecule has 0 unspecified atom stereocenters. The Balaban J connectivity index is 2.01. The van der Waals surface area contributed by atoms with Gasteiger partial charge in [-0.3, -0.25) is 4.79 Å². The lowest BCUT2D eigenvalue weighted by Crippen LogP contribution is -2.28. The molecule has 2 heterocycles. The number of nitrogens with two attached hydrogens (primary N) is 1. The molecular weight excluding hydrogens is 216 g/mol. The number of hydrogen-bond donors (Lipinski definition) is 2. The van der Waals surface area contributed by atoms with Gasteiger partial charge in [0.15, 0.2) is 0 Å². The van der Waals surface area contributed by atoms with Gasteiger partial charge in [-0.1, -0.05) is 0 Å². The smallest absolute Gasteiger partial charge is 0.225 e. The molecule has 3 N–H and O–H groups in total. The zero-order valence-electron chi connectivity index (χ0n) is 9.70. The maximum Gasteiger partial charge on any atom is 0.225 e. The van der Waals surface area contributed by atoms with Crippen molar-refractivity contribution < 1.29 is 4.79 Å². The van der Waals surface area contributed by atoms with Crippen molar-refractivity contribution in [3.05, 3.63) is 22.8 Å². The van der Waals surface area contributed by atoms with E-state index in [4.69, 9.17) is 5.73 Å². The van der Waals surface area contributed by atoms with Gasteiger partial charge in [0.2, 0.25) is 5.91 Å². The predicted molar refractivity (Wildman–Crippen MR) is 62.3 cm³/mol. The first-order chi connectivity index (χ1) is 8.24. The van der Waals surface area contributed by atoms with Crippen molar-refractivity contribution in [1.82, 2.24) is 15.3 Å². The van der Waals surface area contributed by atoms with Crippen LogP contribution in [0.1, 0.15) is 41.5 Å². The van der Waals surface area contributed by atoms with Gasteiger partial charge in [-0.05, 0) is 12.8 Å². The predicted octanol–water partition coefficient (Wildman–Crippen LogP) is 0.0275. The van der Waals surface area contributed by atoms with Crippen LogP contribution in [-0.2, 0) is 24.2 Å². The monoisotopic (exact) mass is 232 g/mol. The Morgan fingerprint density at radius 2 is 2.24 bits per heavy atom. The van der Waals surface area contributed by atoms with Crippen molar-refractivity contribution in [3.8, 4) is 0 Å². The van der Waals surface area contributed by atoms with Gasteiger partial charge in [-0.15, -0.1) is 0 Å². The fourth-order valence-electron chi connectivity index (χ4n) is 2.35. The highest BCUT2D eigenvalue weighted by Crippen LogP contribution is 2.41. The number of aromatic nitrogens is 2. The molecule has 0 aromatic carbocycles. The maximum atomic E-state index is 11.0. The van der Waals surface area contributed by atoms with Crippen molar-refractivity contribution in [2.45, 2.75) is 38.1 Å². The van der Waals surface area contributed by atoms with Crippen LogP contribution in [0.4, 0.5) is 0 Å². The van der Waals surface area contributed by atoms with Crippen LogP contribution in [0.2, 0.25) is 0 Å². The van der Waals surface area contributed by atoms with Gasteiger partial charge in [-0.25, -0.2) is 9.97 Å². The Morgan fingerprint density at radius 1 is 1.41 bits per heavy atom. The number of primary amides is 1. The summed E-state index contributed by atoms with van der Waals surface area (Å²) in [5, 5.41) is 3.35. The maximum absolute atomic E-state index is 11.0. The molecule has 0 radical (unpaired) electrons. The number of fused-ring (bicyclic) bond motifs is 1. The molecule has 1 amide bonds. The molecular formula is C12H16N4O. The van der Waals surface area contributed by atoms with Crippen molar-refractivity contribution in [3.63, 3.8) is 0 Å². The summed E-state index contributed by atoms with van der Waals surface area (Å²) < 4.78 is 0. The van der Waals surface area contributed by atoms with Gasteiger partial charge >= 0.3 is 0 Å². The molecule has 5 nitrogen and oxygen atoms in total. The van der Waals surface area contributed by atoms with Gasteiger partial charge in [0.1, 0.15) is 5.82 Å². The van der Waals surface area contributed by atoms with Crippen LogP contribution in [0.5, 0.6) is 0 Å². The average molecular weight is 232 g/mol. The molecule has 5 heteroatoms. The third kappa shape index (κ3) is 2.15. The summed E-state index contributed by atoms with van der Waals surface area (Å²) >= 11 is 0. The highest BCUT2D eigenvalue weighted by molar-refractivity contribution is 5.75. The zero-order valence-corrected chi connectivity index (χ0v) is 9.70. The summed E-state index contributed by atoms with van der Waals surface area (Å²) in [6.45, 7) is 1.81. The third-order valence-electron chi connectivity index (χ3n) is 3.31. The van der Waals surface area contributed by atoms with Crippen molar-refractivity contribution in [2.24, 2.45) is 5.73 Å². The van der Waals surface area contributed by atoms with Gasteiger partial charge < -0.3 is 11.1 Å². The largest absolute Gasteiger partial charge is 0.369 e. The van der Waals surface area contributed by atoms with Crippen molar-refractivity contribution in [1.29, 1.82) is 0 Å². The highest BCUT2D eigenvalue weighted by atomic mass is 16.1. The summed E-state index contributed by atoms with van der Waals surface area (Å²) in [5.74, 6) is 0.818. The summed E-state index contributed by atoms with van der Waals surface area (Å²) in [4.78, 5) is 20.0. The van der Waals surface area contributed by atoms with Crippen molar-refractivity contribution >= 4 is 5.91 Å². The second kappa shape index (κ2) is 4.07. The minimum atomic E-state index is -0.361. The van der Waals surface area contributed by atoms with E-state index in [2.05, 4.69) is 15.3 Å². The lowest BCUT2D eigenvalue weighted by molar-refractivity contribution is -0.117. The lowest BCUT2D eigenvalue weighted by atomic mass is 10.0. The Hall–Kier alpha value is -1.49. The number of carbonyl (C=O) groups is 1. The van der Waals surface area contributed by atoms with Crippen molar-refractivity contribution in [2.75, 3.05) is 6.54 Å². The van der Waals surface area contributed by atoms with Crippen LogP contribution in [0, 0.1) is 0 Å². The first kappa shape index (κ1) is 10.7. The van der Waals surface area contributed by atoms with Crippen LogP contribution in [0.15, 0.2) is 0 Å². The first-order valence-corrected chi connectivity index (χ1v) is 6.11. The molecule has 1 fully saturated rings. The second-order valence-corrected chi connectivity index (χ2v) is 4.79. The third-order valence-corrected chi connectivity index (χ3v) is 3.31. The topological polar surface area (TPSA) is 80.9 Å². The summed E-state index contributed by atoms with van der Waals surface area (Å²) in [6.07, 6.45) is 3.49. The van der Waals surface area contributed by atoms with Gasteiger partial charge in [-0.2, -0.15) is 0 Å². The lowest BCUT2D eigenvalue weighted by Gasteiger charge is -2.19. The minimum absolute atomic E-state index is 0.153. The number of amides is 1. The van der Waals surface area contributed by atoms with Crippen LogP contribution >= 0.6 is 0 Å². The highest BCUT2D eigenvalue weighted by Gasteiger charge is 2.30. The second-order valence-electron chi connectivity index (χ2n) is 4.79. The Labute approximate surface area is 99.8 Å². The van der Waals surface area contributed by atoms with Crippen LogP contribution in [0.25, 0.3) is 0 Å². The number of nitrogens with zero attached hydrogens (tertiary/aromatic N) is 2. The Kier molecular flexibility index (Phi) is 2.55. The van der Waals surface area contributed by atoms with Gasteiger partial charge in [0.05, 0.1) is 17.8 Å². The molecule has 3 rings (SSSR count). The molecule has 0 atom stereocenters. The van der Waals surface area contributed by atoms with Crippen LogP contribution < -0.4 is 11.1 Å². The molecule has 0 spiro atoms. The van der Waals surface area contributed by atoms with Crippen LogP contribution in [0.3, 0.4) is 0 Å². The number of nitrogens with one attached hydrogen (secondary N) is 1. The van der Waals surface area contributed by atoms with E-state index >= 15 is 0 Å². The Morgan fingerprint density at radius 3 is 2.94 bits per heavy atom. The molecule has 17 heavy (non-hydrogen) atoms. The molecule has 1 aliphatic heterocycles. The number of rotatable bonds is 3. The standard InChI is InChI=1S/C12H16N4O/c13-10(17)5-11-15-9-3-4-14-6-8(9)12(16-11)7-1-2-7/h7,14H,1-6H2,(H2,13,17). The fraction of sp³-hybridized carbons (Fsp3) is 0.583. The van der Waals surface area contributed by atoms with E-state index in [1.165, 1.54) is 18.4 Å². The van der Waals surface area contributed by atoms with E-state index in [-0.39, 0.29) is 12.3 Å². The number of carbonyl (C=O) groups excluding carboxylic acids is 1. The molecule has 90 valence electrons. The molecule has 0 saturated heterocycles. The summed E-state index contributed by atoms with van der Waals surface area (Å²) in [5.41, 5.74) is 8.73. The molecule has 1 saturated carbocycles. The molecule has 0 bridgehead atoms. The van der Waals surface area contributed by atoms with E-state index < -0.39 is 0 Å². The van der Waals surface area contributed by atoms with E-state index in [1.807, 2.05) is 0 Å². The van der Waals surface area contributed by atoms with E-state index in [0.717, 1.165) is 30.9 Å². The Bertz CT molecular complexity index is 468. The average Bonchev–Trinajstić information content (AvgIpc) is 3.11. The minimum Gasteiger partial charge on any atom is -0.369 e. The number of hydrogen-bond acceptors (Lipinski definition) is 4. The zero-order chi connectivity index (χ0) is 11.8. The van der Waals surface area contributed by atoms with E-state index in [0.29, 0.717) is 11.7 Å². The molecule has 1 aliphatic carbocycles. The van der Waals surface area contributed by atoms with Crippen LogP contribution in [-0.4, -0.2) is 22.4 Å². The molecule has 1 aromatic rings. The van der Waals surface area contributed by atoms with E-state index in [1.54, 1.807) is 0 Å². The summed E-state index contributed by atoms with van der Waals surface area (Å²) in [7, 11) is 0. The fourth-order valence-corrected chi connectivity index (χ4v) is 2.35. The summed E-state index contributed by atoms with van der Waals surface area (Å²) in [6, 6.07) is 0. The van der Waals surface area contributed by atoms with Gasteiger partial charge in [0.25, 0.3) is 0 Å². The quantitative estimate of drug-likeness (QED) is 0.770. The SMILES string of the molecule is NC(=O)Cc1nc2c(c(C3CC3)n1)CNCC2. The normalized spacial score (nSPS) is 18.8. The molecule has 2 aliphatic rings. The van der Waals surface area contributed by atoms with Gasteiger partial charge in [0, 0.05) is 31.0 Å².